The van der Waals surface area contributed by atoms with Crippen molar-refractivity contribution in [2.45, 2.75) is 32.3 Å². The Hall–Kier alpha value is -2.54. The lowest BCUT2D eigenvalue weighted by molar-refractivity contribution is -0.128. The fourth-order valence-corrected chi connectivity index (χ4v) is 3.18. The number of carbonyl (C=O) groups excluding carboxylic acids is 1. The number of amides is 1. The second kappa shape index (κ2) is 9.59. The highest BCUT2D eigenvalue weighted by Gasteiger charge is 2.19. The van der Waals surface area contributed by atoms with Gasteiger partial charge in [-0.2, -0.15) is 0 Å². The fourth-order valence-electron chi connectivity index (χ4n) is 2.68. The van der Waals surface area contributed by atoms with Crippen molar-refractivity contribution < 1.29 is 17.9 Å². The van der Waals surface area contributed by atoms with E-state index in [2.05, 4.69) is 12.2 Å². The van der Waals surface area contributed by atoms with Gasteiger partial charge in [-0.1, -0.05) is 44.2 Å². The highest BCUT2D eigenvalue weighted by atomic mass is 32.2. The van der Waals surface area contributed by atoms with Crippen LogP contribution in [0.1, 0.15) is 31.7 Å². The molecule has 1 amide bonds. The molecule has 152 valence electrons. The van der Waals surface area contributed by atoms with E-state index in [1.54, 1.807) is 24.3 Å². The summed E-state index contributed by atoms with van der Waals surface area (Å²) in [6, 6.07) is 16.6. The van der Waals surface area contributed by atoms with E-state index in [-0.39, 0.29) is 11.8 Å². The molecule has 0 saturated heterocycles. The van der Waals surface area contributed by atoms with E-state index in [9.17, 15) is 13.2 Å². The molecule has 7 heteroatoms. The van der Waals surface area contributed by atoms with Gasteiger partial charge in [0.25, 0.3) is 5.91 Å². The van der Waals surface area contributed by atoms with Crippen molar-refractivity contribution in [3.05, 3.63) is 60.2 Å². The van der Waals surface area contributed by atoms with E-state index in [0.717, 1.165) is 6.26 Å². The molecule has 0 spiro atoms. The van der Waals surface area contributed by atoms with Gasteiger partial charge in [0.2, 0.25) is 10.0 Å². The molecule has 0 saturated carbocycles. The topological polar surface area (TPSA) is 75.7 Å². The van der Waals surface area contributed by atoms with Crippen LogP contribution in [0.4, 0.5) is 5.69 Å². The van der Waals surface area contributed by atoms with Crippen molar-refractivity contribution in [2.24, 2.45) is 0 Å². The second-order valence-corrected chi connectivity index (χ2v) is 8.81. The first-order valence-electron chi connectivity index (χ1n) is 9.25. The summed E-state index contributed by atoms with van der Waals surface area (Å²) in [5.74, 6) is 0.555. The Labute approximate surface area is 167 Å². The first kappa shape index (κ1) is 21.8. The molecular weight excluding hydrogens is 376 g/mol. The average molecular weight is 405 g/mol. The van der Waals surface area contributed by atoms with Gasteiger partial charge in [0.05, 0.1) is 11.9 Å². The van der Waals surface area contributed by atoms with Crippen molar-refractivity contribution in [2.75, 3.05) is 24.2 Å². The standard InChI is InChI=1S/C21H28N2O4S/c1-5-20(21(24)22-15-16(2)17-9-7-6-8-10-17)27-19-13-11-18(12-14-19)23(3)28(4,25)26/h6-14,16,20H,5,15H2,1-4H3,(H,22,24). The van der Waals surface area contributed by atoms with Crippen molar-refractivity contribution in [3.63, 3.8) is 0 Å². The minimum Gasteiger partial charge on any atom is -0.481 e. The Morgan fingerprint density at radius 1 is 1.11 bits per heavy atom. The summed E-state index contributed by atoms with van der Waals surface area (Å²) < 4.78 is 30.2. The Balaban J connectivity index is 1.95. The molecule has 28 heavy (non-hydrogen) atoms. The maximum absolute atomic E-state index is 12.5. The molecule has 1 N–H and O–H groups in total. The van der Waals surface area contributed by atoms with E-state index < -0.39 is 16.1 Å². The molecule has 2 rings (SSSR count). The molecule has 2 aromatic rings. The van der Waals surface area contributed by atoms with Crippen molar-refractivity contribution in [1.82, 2.24) is 5.32 Å². The number of ether oxygens (including phenoxy) is 1. The Morgan fingerprint density at radius 2 is 1.71 bits per heavy atom. The molecule has 0 aromatic heterocycles. The maximum Gasteiger partial charge on any atom is 0.261 e. The molecule has 2 aromatic carbocycles. The van der Waals surface area contributed by atoms with Crippen LogP contribution in [0.5, 0.6) is 5.75 Å². The smallest absolute Gasteiger partial charge is 0.261 e. The minimum absolute atomic E-state index is 0.164. The largest absolute Gasteiger partial charge is 0.481 e. The van der Waals surface area contributed by atoms with Gasteiger partial charge in [0.15, 0.2) is 6.10 Å². The van der Waals surface area contributed by atoms with Crippen LogP contribution < -0.4 is 14.4 Å². The average Bonchev–Trinajstić information content (AvgIpc) is 2.69. The summed E-state index contributed by atoms with van der Waals surface area (Å²) in [6.45, 7) is 4.48. The Bertz CT molecular complexity index is 867. The summed E-state index contributed by atoms with van der Waals surface area (Å²) in [6.07, 6.45) is 1.06. The van der Waals surface area contributed by atoms with Gasteiger partial charge < -0.3 is 10.1 Å². The normalized spacial score (nSPS) is 13.4. The number of sulfonamides is 1. The van der Waals surface area contributed by atoms with Crippen LogP contribution in [0.15, 0.2) is 54.6 Å². The van der Waals surface area contributed by atoms with Gasteiger partial charge in [0, 0.05) is 13.6 Å². The van der Waals surface area contributed by atoms with E-state index >= 15 is 0 Å². The van der Waals surface area contributed by atoms with Crippen LogP contribution >= 0.6 is 0 Å². The second-order valence-electron chi connectivity index (χ2n) is 6.80. The van der Waals surface area contributed by atoms with Gasteiger partial charge in [0.1, 0.15) is 5.75 Å². The number of benzene rings is 2. The van der Waals surface area contributed by atoms with Crippen LogP contribution in [0.2, 0.25) is 0 Å². The molecule has 0 aliphatic heterocycles. The minimum atomic E-state index is -3.32. The van der Waals surface area contributed by atoms with Crippen LogP contribution in [0.3, 0.4) is 0 Å². The number of anilines is 1. The maximum atomic E-state index is 12.5. The van der Waals surface area contributed by atoms with Crippen LogP contribution in [0, 0.1) is 0 Å². The summed E-state index contributed by atoms with van der Waals surface area (Å²) in [4.78, 5) is 12.5. The molecule has 0 radical (unpaired) electrons. The zero-order valence-corrected chi connectivity index (χ0v) is 17.6. The SMILES string of the molecule is CCC(Oc1ccc(N(C)S(C)(=O)=O)cc1)C(=O)NCC(C)c1ccccc1. The van der Waals surface area contributed by atoms with Crippen LogP contribution in [0.25, 0.3) is 0 Å². The van der Waals surface area contributed by atoms with Gasteiger partial charge in [-0.15, -0.1) is 0 Å². The molecule has 0 heterocycles. The number of hydrogen-bond acceptors (Lipinski definition) is 4. The third-order valence-corrected chi connectivity index (χ3v) is 5.80. The lowest BCUT2D eigenvalue weighted by atomic mass is 10.0. The molecule has 2 unspecified atom stereocenters. The summed E-state index contributed by atoms with van der Waals surface area (Å²) >= 11 is 0. The highest BCUT2D eigenvalue weighted by molar-refractivity contribution is 7.92. The molecule has 0 fully saturated rings. The zero-order chi connectivity index (χ0) is 20.7. The lowest BCUT2D eigenvalue weighted by Gasteiger charge is -2.20. The molecule has 0 bridgehead atoms. The van der Waals surface area contributed by atoms with E-state index in [1.165, 1.54) is 16.9 Å². The first-order valence-corrected chi connectivity index (χ1v) is 11.1. The van der Waals surface area contributed by atoms with Gasteiger partial charge in [-0.3, -0.25) is 9.10 Å². The molecule has 0 aliphatic carbocycles. The van der Waals surface area contributed by atoms with E-state index in [0.29, 0.717) is 24.4 Å². The lowest BCUT2D eigenvalue weighted by Crippen LogP contribution is -2.39. The first-order chi connectivity index (χ1) is 13.2. The number of carbonyl (C=O) groups is 1. The number of nitrogens with one attached hydrogen (secondary N) is 1. The zero-order valence-electron chi connectivity index (χ0n) is 16.8. The summed E-state index contributed by atoms with van der Waals surface area (Å²) in [7, 11) is -1.83. The van der Waals surface area contributed by atoms with Gasteiger partial charge in [-0.05, 0) is 42.2 Å². The third kappa shape index (κ3) is 5.99. The Kier molecular flexibility index (Phi) is 7.45. The summed E-state index contributed by atoms with van der Waals surface area (Å²) in [5.41, 5.74) is 1.70. The number of rotatable bonds is 9. The molecule has 2 atom stereocenters. The predicted molar refractivity (Wildman–Crippen MR) is 112 cm³/mol. The predicted octanol–water partition coefficient (Wildman–Crippen LogP) is 3.16. The van der Waals surface area contributed by atoms with Crippen LogP contribution in [-0.4, -0.2) is 40.3 Å². The Morgan fingerprint density at radius 3 is 2.25 bits per heavy atom. The quantitative estimate of drug-likeness (QED) is 0.697. The van der Waals surface area contributed by atoms with E-state index in [4.69, 9.17) is 4.74 Å². The van der Waals surface area contributed by atoms with Crippen molar-refractivity contribution in [3.8, 4) is 5.75 Å². The van der Waals surface area contributed by atoms with Crippen molar-refractivity contribution >= 4 is 21.6 Å². The van der Waals surface area contributed by atoms with Crippen LogP contribution in [-0.2, 0) is 14.8 Å². The van der Waals surface area contributed by atoms with Gasteiger partial charge >= 0.3 is 0 Å². The molecule has 6 nitrogen and oxygen atoms in total. The van der Waals surface area contributed by atoms with Crippen molar-refractivity contribution in [1.29, 1.82) is 0 Å². The molecule has 0 aliphatic rings. The fraction of sp³-hybridized carbons (Fsp3) is 0.381. The highest BCUT2D eigenvalue weighted by Crippen LogP contribution is 2.21. The van der Waals surface area contributed by atoms with Gasteiger partial charge in [-0.25, -0.2) is 8.42 Å². The van der Waals surface area contributed by atoms with E-state index in [1.807, 2.05) is 37.3 Å². The molecular formula is C21H28N2O4S. The number of hydrogen-bond donors (Lipinski definition) is 1. The summed E-state index contributed by atoms with van der Waals surface area (Å²) in [5, 5.41) is 2.95. The third-order valence-electron chi connectivity index (χ3n) is 4.59. The number of nitrogens with zero attached hydrogens (tertiary/aromatic N) is 1. The monoisotopic (exact) mass is 404 g/mol.